The molecule has 0 radical (unpaired) electrons. The summed E-state index contributed by atoms with van der Waals surface area (Å²) < 4.78 is 22.0. The van der Waals surface area contributed by atoms with E-state index < -0.39 is 5.79 Å². The monoisotopic (exact) mass is 405 g/mol. The van der Waals surface area contributed by atoms with Crippen LogP contribution in [0.15, 0.2) is 23.6 Å². The number of thiazole rings is 1. The molecule has 8 nitrogen and oxygen atoms in total. The van der Waals surface area contributed by atoms with E-state index in [2.05, 4.69) is 10.3 Å². The Labute approximate surface area is 167 Å². The van der Waals surface area contributed by atoms with Crippen LogP contribution in [0.2, 0.25) is 0 Å². The Morgan fingerprint density at radius 3 is 2.64 bits per heavy atom. The smallest absolute Gasteiger partial charge is 0.273 e. The molecule has 4 rings (SSSR count). The number of benzene rings is 1. The number of nitrogens with one attached hydrogen (secondary N) is 1. The molecule has 1 aromatic heterocycles. The lowest BCUT2D eigenvalue weighted by Gasteiger charge is -2.37. The lowest BCUT2D eigenvalue weighted by molar-refractivity contribution is -0.181. The maximum atomic E-state index is 12.8. The fourth-order valence-electron chi connectivity index (χ4n) is 3.44. The summed E-state index contributed by atoms with van der Waals surface area (Å²) in [4.78, 5) is 19.1. The molecular weight excluding hydrogens is 382 g/mol. The molecule has 2 aromatic rings. The summed E-state index contributed by atoms with van der Waals surface area (Å²) in [7, 11) is 3.20. The van der Waals surface area contributed by atoms with Crippen LogP contribution in [0.25, 0.3) is 0 Å². The van der Waals surface area contributed by atoms with Crippen LogP contribution >= 0.6 is 11.3 Å². The van der Waals surface area contributed by atoms with Crippen LogP contribution in [0.4, 0.5) is 10.8 Å². The number of ether oxygens (including phenoxy) is 4. The summed E-state index contributed by atoms with van der Waals surface area (Å²) in [6.07, 6.45) is 1.38. The van der Waals surface area contributed by atoms with Crippen LogP contribution in [-0.4, -0.2) is 62.1 Å². The van der Waals surface area contributed by atoms with Crippen molar-refractivity contribution in [1.82, 2.24) is 9.88 Å². The second-order valence-corrected chi connectivity index (χ2v) is 7.49. The first kappa shape index (κ1) is 19.0. The van der Waals surface area contributed by atoms with Crippen molar-refractivity contribution in [2.45, 2.75) is 18.6 Å². The SMILES string of the molecule is COc1ccc(Nc2nc(C(=O)N3CCC4(CC3)OCCO4)cs2)c(OC)c1. The van der Waals surface area contributed by atoms with Gasteiger partial charge in [-0.05, 0) is 12.1 Å². The average Bonchev–Trinajstić information content (AvgIpc) is 3.38. The van der Waals surface area contributed by atoms with Crippen molar-refractivity contribution in [3.63, 3.8) is 0 Å². The average molecular weight is 405 g/mol. The van der Waals surface area contributed by atoms with Gasteiger partial charge in [0.05, 0.1) is 33.1 Å². The molecule has 0 aliphatic carbocycles. The third-order valence-corrected chi connectivity index (χ3v) is 5.76. The second-order valence-electron chi connectivity index (χ2n) is 6.63. The van der Waals surface area contributed by atoms with Crippen molar-refractivity contribution in [2.24, 2.45) is 0 Å². The van der Waals surface area contributed by atoms with Gasteiger partial charge in [-0.1, -0.05) is 0 Å². The van der Waals surface area contributed by atoms with E-state index in [1.165, 1.54) is 11.3 Å². The lowest BCUT2D eigenvalue weighted by Crippen LogP contribution is -2.47. The fourth-order valence-corrected chi connectivity index (χ4v) is 4.14. The number of carbonyl (C=O) groups excluding carboxylic acids is 1. The van der Waals surface area contributed by atoms with Crippen molar-refractivity contribution in [2.75, 3.05) is 45.8 Å². The molecule has 0 bridgehead atoms. The first-order valence-corrected chi connectivity index (χ1v) is 10.0. The number of rotatable bonds is 5. The molecule has 1 amide bonds. The van der Waals surface area contributed by atoms with E-state index in [0.717, 1.165) is 5.69 Å². The Kier molecular flexibility index (Phi) is 5.38. The molecule has 2 aliphatic rings. The molecule has 2 saturated heterocycles. The lowest BCUT2D eigenvalue weighted by atomic mass is 10.0. The summed E-state index contributed by atoms with van der Waals surface area (Å²) in [5, 5.41) is 5.61. The zero-order valence-corrected chi connectivity index (χ0v) is 16.7. The molecule has 9 heteroatoms. The van der Waals surface area contributed by atoms with E-state index in [1.54, 1.807) is 25.7 Å². The first-order chi connectivity index (χ1) is 13.6. The maximum absolute atomic E-state index is 12.8. The molecule has 2 fully saturated rings. The van der Waals surface area contributed by atoms with Crippen molar-refractivity contribution >= 4 is 28.1 Å². The van der Waals surface area contributed by atoms with Gasteiger partial charge in [-0.3, -0.25) is 4.79 Å². The molecule has 0 saturated carbocycles. The van der Waals surface area contributed by atoms with Crippen molar-refractivity contribution in [3.05, 3.63) is 29.3 Å². The largest absolute Gasteiger partial charge is 0.497 e. The third-order valence-electron chi connectivity index (χ3n) is 5.00. The number of carbonyl (C=O) groups is 1. The van der Waals surface area contributed by atoms with Crippen LogP contribution in [0.3, 0.4) is 0 Å². The molecule has 2 aliphatic heterocycles. The van der Waals surface area contributed by atoms with E-state index in [4.69, 9.17) is 18.9 Å². The minimum Gasteiger partial charge on any atom is -0.497 e. The number of hydrogen-bond acceptors (Lipinski definition) is 8. The number of hydrogen-bond donors (Lipinski definition) is 1. The summed E-state index contributed by atoms with van der Waals surface area (Å²) >= 11 is 1.38. The topological polar surface area (TPSA) is 82.2 Å². The van der Waals surface area contributed by atoms with E-state index in [9.17, 15) is 4.79 Å². The predicted molar refractivity (Wildman–Crippen MR) is 105 cm³/mol. The minimum atomic E-state index is -0.490. The number of piperidine rings is 1. The van der Waals surface area contributed by atoms with E-state index in [1.807, 2.05) is 17.0 Å². The van der Waals surface area contributed by atoms with Gasteiger partial charge in [0.2, 0.25) is 0 Å². The Morgan fingerprint density at radius 2 is 1.96 bits per heavy atom. The Morgan fingerprint density at radius 1 is 1.21 bits per heavy atom. The third kappa shape index (κ3) is 3.78. The van der Waals surface area contributed by atoms with Gasteiger partial charge in [-0.15, -0.1) is 11.3 Å². The van der Waals surface area contributed by atoms with Crippen LogP contribution in [0.5, 0.6) is 11.5 Å². The zero-order valence-electron chi connectivity index (χ0n) is 15.9. The fraction of sp³-hybridized carbons (Fsp3) is 0.474. The quantitative estimate of drug-likeness (QED) is 0.819. The highest BCUT2D eigenvalue weighted by Crippen LogP contribution is 2.34. The van der Waals surface area contributed by atoms with Crippen molar-refractivity contribution < 1.29 is 23.7 Å². The van der Waals surface area contributed by atoms with Gasteiger partial charge in [0, 0.05) is 37.4 Å². The predicted octanol–water partition coefficient (Wildman–Crippen LogP) is 2.88. The standard InChI is InChI=1S/C19H23N3O5S/c1-24-13-3-4-14(16(11-13)25-2)20-18-21-15(12-28-18)17(23)22-7-5-19(6-8-22)26-9-10-27-19/h3-4,11-12H,5-10H2,1-2H3,(H,20,21). The van der Waals surface area contributed by atoms with E-state index >= 15 is 0 Å². The molecule has 28 heavy (non-hydrogen) atoms. The summed E-state index contributed by atoms with van der Waals surface area (Å²) in [6.45, 7) is 2.46. The van der Waals surface area contributed by atoms with Gasteiger partial charge >= 0.3 is 0 Å². The van der Waals surface area contributed by atoms with Crippen LogP contribution in [0.1, 0.15) is 23.3 Å². The molecule has 0 unspecified atom stereocenters. The van der Waals surface area contributed by atoms with Gasteiger partial charge in [0.1, 0.15) is 17.2 Å². The van der Waals surface area contributed by atoms with Gasteiger partial charge in [-0.2, -0.15) is 0 Å². The highest BCUT2D eigenvalue weighted by atomic mass is 32.1. The summed E-state index contributed by atoms with van der Waals surface area (Å²) in [5.74, 6) is 0.783. The Balaban J connectivity index is 1.41. The second kappa shape index (κ2) is 7.94. The molecule has 150 valence electrons. The number of methoxy groups -OCH3 is 2. The van der Waals surface area contributed by atoms with Gasteiger partial charge < -0.3 is 29.2 Å². The van der Waals surface area contributed by atoms with E-state index in [0.29, 0.717) is 61.5 Å². The number of likely N-dealkylation sites (tertiary alicyclic amines) is 1. The molecule has 1 spiro atoms. The molecule has 3 heterocycles. The van der Waals surface area contributed by atoms with E-state index in [-0.39, 0.29) is 5.91 Å². The normalized spacial score (nSPS) is 18.3. The van der Waals surface area contributed by atoms with Crippen LogP contribution < -0.4 is 14.8 Å². The maximum Gasteiger partial charge on any atom is 0.273 e. The van der Waals surface area contributed by atoms with Crippen molar-refractivity contribution in [3.8, 4) is 11.5 Å². The van der Waals surface area contributed by atoms with Crippen LogP contribution in [-0.2, 0) is 9.47 Å². The molecule has 0 atom stereocenters. The van der Waals surface area contributed by atoms with Gasteiger partial charge in [-0.25, -0.2) is 4.98 Å². The Hall–Kier alpha value is -2.36. The molecular formula is C19H23N3O5S. The number of nitrogens with zero attached hydrogens (tertiary/aromatic N) is 2. The number of aromatic nitrogens is 1. The summed E-state index contributed by atoms with van der Waals surface area (Å²) in [6, 6.07) is 5.48. The summed E-state index contributed by atoms with van der Waals surface area (Å²) in [5.41, 5.74) is 1.19. The van der Waals surface area contributed by atoms with Crippen LogP contribution in [0, 0.1) is 0 Å². The first-order valence-electron chi connectivity index (χ1n) is 9.14. The van der Waals surface area contributed by atoms with Crippen molar-refractivity contribution in [1.29, 1.82) is 0 Å². The van der Waals surface area contributed by atoms with Gasteiger partial charge in [0.25, 0.3) is 5.91 Å². The number of amides is 1. The Bertz CT molecular complexity index is 840. The molecule has 1 aromatic carbocycles. The number of anilines is 2. The van der Waals surface area contributed by atoms with Gasteiger partial charge in [0.15, 0.2) is 10.9 Å². The zero-order chi connectivity index (χ0) is 19.6. The highest BCUT2D eigenvalue weighted by Gasteiger charge is 2.41. The highest BCUT2D eigenvalue weighted by molar-refractivity contribution is 7.14. The minimum absolute atomic E-state index is 0.0705. The molecule has 1 N–H and O–H groups in total.